The Morgan fingerprint density at radius 3 is 2.67 bits per heavy atom. The van der Waals surface area contributed by atoms with E-state index in [-0.39, 0.29) is 5.41 Å². The SMILES string of the molecule is CCOCCN1CCC2(Cc3ccc(C#N)cc3N=C1N)CC(C)C(OC)C(C)C2. The summed E-state index contributed by atoms with van der Waals surface area (Å²) < 4.78 is 11.4. The minimum atomic E-state index is 0.167. The van der Waals surface area contributed by atoms with Gasteiger partial charge in [0.1, 0.15) is 0 Å². The summed E-state index contributed by atoms with van der Waals surface area (Å²) in [6.45, 7) is 9.53. The van der Waals surface area contributed by atoms with Crippen LogP contribution in [0.25, 0.3) is 0 Å². The number of hydrogen-bond donors (Lipinski definition) is 1. The predicted molar refractivity (Wildman–Crippen MR) is 120 cm³/mol. The van der Waals surface area contributed by atoms with Gasteiger partial charge in [-0.05, 0) is 67.6 Å². The zero-order valence-corrected chi connectivity index (χ0v) is 18.9. The minimum absolute atomic E-state index is 0.167. The van der Waals surface area contributed by atoms with E-state index in [1.807, 2.05) is 26.2 Å². The Bertz CT molecular complexity index is 789. The molecule has 164 valence electrons. The van der Waals surface area contributed by atoms with E-state index in [4.69, 9.17) is 20.2 Å². The number of hydrogen-bond acceptors (Lipinski definition) is 6. The Balaban J connectivity index is 1.98. The molecule has 1 aromatic rings. The molecule has 30 heavy (non-hydrogen) atoms. The molecular weight excluding hydrogens is 376 g/mol. The van der Waals surface area contributed by atoms with Crippen molar-refractivity contribution in [2.75, 3.05) is 33.4 Å². The number of nitriles is 1. The van der Waals surface area contributed by atoms with Crippen LogP contribution in [-0.4, -0.2) is 50.4 Å². The Labute approximate surface area is 181 Å². The summed E-state index contributed by atoms with van der Waals surface area (Å²) in [5.74, 6) is 1.50. The van der Waals surface area contributed by atoms with Crippen LogP contribution < -0.4 is 5.73 Å². The molecule has 6 heteroatoms. The van der Waals surface area contributed by atoms with Crippen LogP contribution >= 0.6 is 0 Å². The summed E-state index contributed by atoms with van der Waals surface area (Å²) in [5.41, 5.74) is 9.22. The molecule has 1 fully saturated rings. The molecule has 1 heterocycles. The molecule has 0 bridgehead atoms. The van der Waals surface area contributed by atoms with Gasteiger partial charge in [0, 0.05) is 26.8 Å². The normalized spacial score (nSPS) is 29.4. The van der Waals surface area contributed by atoms with Crippen molar-refractivity contribution in [2.24, 2.45) is 28.0 Å². The van der Waals surface area contributed by atoms with Crippen molar-refractivity contribution in [2.45, 2.75) is 52.6 Å². The van der Waals surface area contributed by atoms with Gasteiger partial charge in [0.25, 0.3) is 0 Å². The summed E-state index contributed by atoms with van der Waals surface area (Å²) in [6.07, 6.45) is 4.55. The second-order valence-corrected chi connectivity index (χ2v) is 9.10. The lowest BCUT2D eigenvalue weighted by molar-refractivity contribution is -0.0568. The number of fused-ring (bicyclic) bond motifs is 1. The summed E-state index contributed by atoms with van der Waals surface area (Å²) >= 11 is 0. The number of rotatable bonds is 5. The molecule has 0 radical (unpaired) electrons. The molecule has 6 nitrogen and oxygen atoms in total. The average Bonchev–Trinajstić information content (AvgIpc) is 2.75. The third kappa shape index (κ3) is 4.96. The molecule has 2 atom stereocenters. The Hall–Kier alpha value is -2.10. The van der Waals surface area contributed by atoms with Crippen LogP contribution in [0.3, 0.4) is 0 Å². The molecule has 1 spiro atoms. The lowest BCUT2D eigenvalue weighted by Crippen LogP contribution is -2.46. The van der Waals surface area contributed by atoms with Gasteiger partial charge >= 0.3 is 0 Å². The van der Waals surface area contributed by atoms with Crippen LogP contribution in [0.5, 0.6) is 0 Å². The van der Waals surface area contributed by atoms with Gasteiger partial charge in [-0.1, -0.05) is 19.9 Å². The first-order valence-corrected chi connectivity index (χ1v) is 11.1. The highest BCUT2D eigenvalue weighted by atomic mass is 16.5. The van der Waals surface area contributed by atoms with Crippen molar-refractivity contribution in [3.63, 3.8) is 0 Å². The summed E-state index contributed by atoms with van der Waals surface area (Å²) in [7, 11) is 1.83. The lowest BCUT2D eigenvalue weighted by Gasteiger charge is -2.47. The molecule has 1 aliphatic carbocycles. The van der Waals surface area contributed by atoms with E-state index in [0.29, 0.717) is 42.7 Å². The van der Waals surface area contributed by atoms with Crippen molar-refractivity contribution in [1.82, 2.24) is 4.90 Å². The van der Waals surface area contributed by atoms with Crippen molar-refractivity contribution in [1.29, 1.82) is 5.26 Å². The van der Waals surface area contributed by atoms with Crippen LogP contribution in [0.2, 0.25) is 0 Å². The molecule has 0 saturated heterocycles. The van der Waals surface area contributed by atoms with Gasteiger partial charge in [-0.25, -0.2) is 4.99 Å². The molecule has 1 aliphatic heterocycles. The third-order valence-electron chi connectivity index (χ3n) is 6.86. The second kappa shape index (κ2) is 9.80. The molecule has 2 N–H and O–H groups in total. The van der Waals surface area contributed by atoms with Crippen LogP contribution in [0.15, 0.2) is 23.2 Å². The summed E-state index contributed by atoms with van der Waals surface area (Å²) in [4.78, 5) is 6.91. The molecule has 1 saturated carbocycles. The van der Waals surface area contributed by atoms with E-state index in [1.54, 1.807) is 0 Å². The van der Waals surface area contributed by atoms with Crippen molar-refractivity contribution < 1.29 is 9.47 Å². The minimum Gasteiger partial charge on any atom is -0.381 e. The van der Waals surface area contributed by atoms with Crippen molar-refractivity contribution in [3.05, 3.63) is 29.3 Å². The van der Waals surface area contributed by atoms with E-state index in [2.05, 4.69) is 30.9 Å². The van der Waals surface area contributed by atoms with Gasteiger partial charge < -0.3 is 20.1 Å². The fraction of sp³-hybridized carbons (Fsp3) is 0.667. The van der Waals surface area contributed by atoms with E-state index < -0.39 is 0 Å². The quantitative estimate of drug-likeness (QED) is 0.743. The largest absolute Gasteiger partial charge is 0.381 e. The average molecular weight is 413 g/mol. The van der Waals surface area contributed by atoms with Gasteiger partial charge in [0.05, 0.1) is 30.0 Å². The first-order valence-electron chi connectivity index (χ1n) is 11.1. The molecular formula is C24H36N4O2. The number of nitrogens with zero attached hydrogens (tertiary/aromatic N) is 3. The number of guanidine groups is 1. The highest BCUT2D eigenvalue weighted by molar-refractivity contribution is 5.82. The van der Waals surface area contributed by atoms with E-state index in [0.717, 1.165) is 44.5 Å². The predicted octanol–water partition coefficient (Wildman–Crippen LogP) is 3.86. The standard InChI is InChI=1S/C24H36N4O2/c1-5-30-11-10-28-9-8-24(13-17(2)22(29-4)18(3)14-24)15-20-7-6-19(16-25)12-21(20)27-23(28)26/h6-7,12,17-18,22H,5,8-11,13-15H2,1-4H3,(H2,26,27). The van der Waals surface area contributed by atoms with E-state index in [9.17, 15) is 5.26 Å². The van der Waals surface area contributed by atoms with E-state index >= 15 is 0 Å². The maximum atomic E-state index is 9.38. The first kappa shape index (κ1) is 22.6. The lowest BCUT2D eigenvalue weighted by atomic mass is 9.61. The zero-order valence-electron chi connectivity index (χ0n) is 18.9. The highest BCUT2D eigenvalue weighted by Gasteiger charge is 2.43. The fourth-order valence-corrected chi connectivity index (χ4v) is 5.66. The van der Waals surface area contributed by atoms with Crippen LogP contribution in [-0.2, 0) is 15.9 Å². The third-order valence-corrected chi connectivity index (χ3v) is 6.86. The summed E-state index contributed by atoms with van der Waals surface area (Å²) in [5, 5.41) is 9.38. The molecule has 0 aromatic heterocycles. The Morgan fingerprint density at radius 1 is 1.30 bits per heavy atom. The topological polar surface area (TPSA) is 83.9 Å². The number of methoxy groups -OCH3 is 1. The van der Waals surface area contributed by atoms with Gasteiger partial charge in [-0.2, -0.15) is 5.26 Å². The molecule has 1 aromatic carbocycles. The molecule has 0 amide bonds. The van der Waals surface area contributed by atoms with Gasteiger partial charge in [0.2, 0.25) is 0 Å². The van der Waals surface area contributed by atoms with Gasteiger partial charge in [0.15, 0.2) is 5.96 Å². The highest BCUT2D eigenvalue weighted by Crippen LogP contribution is 2.49. The number of benzene rings is 1. The molecule has 3 rings (SSSR count). The second-order valence-electron chi connectivity index (χ2n) is 9.10. The number of nitrogens with two attached hydrogens (primary N) is 1. The number of ether oxygens (including phenoxy) is 2. The molecule has 2 aliphatic rings. The van der Waals surface area contributed by atoms with Crippen LogP contribution in [0, 0.1) is 28.6 Å². The van der Waals surface area contributed by atoms with Crippen LogP contribution in [0.1, 0.15) is 51.2 Å². The van der Waals surface area contributed by atoms with Crippen LogP contribution in [0.4, 0.5) is 5.69 Å². The zero-order chi connectivity index (χ0) is 21.7. The maximum Gasteiger partial charge on any atom is 0.196 e. The number of aliphatic imine (C=N–C) groups is 1. The van der Waals surface area contributed by atoms with Crippen molar-refractivity contribution in [3.8, 4) is 6.07 Å². The first-order chi connectivity index (χ1) is 14.4. The smallest absolute Gasteiger partial charge is 0.196 e. The van der Waals surface area contributed by atoms with Crippen molar-refractivity contribution >= 4 is 11.6 Å². The van der Waals surface area contributed by atoms with Gasteiger partial charge in [-0.15, -0.1) is 0 Å². The summed E-state index contributed by atoms with van der Waals surface area (Å²) in [6, 6.07) is 8.07. The fourth-order valence-electron chi connectivity index (χ4n) is 5.66. The van der Waals surface area contributed by atoms with Gasteiger partial charge in [-0.3, -0.25) is 0 Å². The Kier molecular flexibility index (Phi) is 7.38. The molecule has 2 unspecified atom stereocenters. The monoisotopic (exact) mass is 412 g/mol. The maximum absolute atomic E-state index is 9.38. The van der Waals surface area contributed by atoms with E-state index in [1.165, 1.54) is 5.56 Å². The Morgan fingerprint density at radius 2 is 2.03 bits per heavy atom.